The number of hydroxylamine groups is 1. The van der Waals surface area contributed by atoms with Crippen molar-refractivity contribution in [3.63, 3.8) is 0 Å². The second-order valence-corrected chi connectivity index (χ2v) is 11.7. The fourth-order valence-electron chi connectivity index (χ4n) is 5.40. The Morgan fingerprint density at radius 1 is 1.16 bits per heavy atom. The molecule has 2 aliphatic rings. The van der Waals surface area contributed by atoms with E-state index in [9.17, 15) is 14.7 Å². The molecule has 11 nitrogen and oxygen atoms in total. The van der Waals surface area contributed by atoms with E-state index in [4.69, 9.17) is 29.2 Å². The minimum absolute atomic E-state index is 0.0351. The van der Waals surface area contributed by atoms with Crippen LogP contribution in [0.1, 0.15) is 75.0 Å². The monoisotopic (exact) mass is 615 g/mol. The molecule has 0 aromatic heterocycles. The summed E-state index contributed by atoms with van der Waals surface area (Å²) in [5.41, 5.74) is 1.91. The fraction of sp³-hybridized carbons (Fsp3) is 0.531. The molecular weight excluding hydrogens is 573 g/mol. The Hall–Kier alpha value is -3.90. The van der Waals surface area contributed by atoms with E-state index in [0.29, 0.717) is 35.6 Å². The summed E-state index contributed by atoms with van der Waals surface area (Å²) in [4.78, 5) is 32.4. The Kier molecular flexibility index (Phi) is 10.0. The molecule has 4 rings (SSSR count). The Bertz CT molecular complexity index is 1420. The number of aliphatic carboxylic acids is 1. The van der Waals surface area contributed by atoms with Crippen molar-refractivity contribution >= 4 is 23.3 Å². The number of halogens is 1. The topological polar surface area (TPSA) is 131 Å². The lowest BCUT2D eigenvalue weighted by atomic mass is 9.84. The number of fused-ring (bicyclic) bond motifs is 2. The summed E-state index contributed by atoms with van der Waals surface area (Å²) in [7, 11) is 1.51. The van der Waals surface area contributed by atoms with Crippen molar-refractivity contribution < 1.29 is 42.9 Å². The van der Waals surface area contributed by atoms with Gasteiger partial charge >= 0.3 is 5.97 Å². The van der Waals surface area contributed by atoms with Crippen molar-refractivity contribution in [2.24, 2.45) is 0 Å². The first-order chi connectivity index (χ1) is 20.8. The van der Waals surface area contributed by atoms with Gasteiger partial charge in [0.05, 0.1) is 45.6 Å². The zero-order valence-electron chi connectivity index (χ0n) is 26.4. The third-order valence-corrected chi connectivity index (χ3v) is 7.58. The summed E-state index contributed by atoms with van der Waals surface area (Å²) in [6.07, 6.45) is -1.14. The van der Waals surface area contributed by atoms with E-state index >= 15 is 4.39 Å². The number of carboxylic acid groups (broad SMARTS) is 1. The number of carboxylic acids is 1. The molecule has 0 saturated heterocycles. The van der Waals surface area contributed by atoms with Crippen LogP contribution in [0.5, 0.6) is 17.2 Å². The molecule has 2 unspecified atom stereocenters. The minimum atomic E-state index is -1.03. The molecule has 0 saturated carbocycles. The lowest BCUT2D eigenvalue weighted by molar-refractivity contribution is -0.152. The predicted octanol–water partition coefficient (Wildman–Crippen LogP) is 4.95. The van der Waals surface area contributed by atoms with Crippen molar-refractivity contribution in [2.75, 3.05) is 45.1 Å². The van der Waals surface area contributed by atoms with Crippen molar-refractivity contribution in [1.82, 2.24) is 4.90 Å². The molecule has 44 heavy (non-hydrogen) atoms. The van der Waals surface area contributed by atoms with Crippen LogP contribution in [0.2, 0.25) is 0 Å². The van der Waals surface area contributed by atoms with E-state index in [0.717, 1.165) is 5.56 Å². The number of anilines is 1. The van der Waals surface area contributed by atoms with Gasteiger partial charge in [-0.1, -0.05) is 27.7 Å². The minimum Gasteiger partial charge on any atom is -0.490 e. The highest BCUT2D eigenvalue weighted by Gasteiger charge is 2.36. The smallest absolute Gasteiger partial charge is 0.332 e. The van der Waals surface area contributed by atoms with Gasteiger partial charge in [-0.25, -0.2) is 14.2 Å². The van der Waals surface area contributed by atoms with E-state index in [1.54, 1.807) is 44.0 Å². The number of carbonyl (C=O) groups is 2. The molecule has 240 valence electrons. The molecule has 2 heterocycles. The quantitative estimate of drug-likeness (QED) is 0.298. The molecule has 2 aliphatic heterocycles. The normalized spacial score (nSPS) is 16.7. The van der Waals surface area contributed by atoms with Crippen LogP contribution in [-0.4, -0.2) is 79.8 Å². The second kappa shape index (κ2) is 13.4. The highest BCUT2D eigenvalue weighted by Crippen LogP contribution is 2.44. The van der Waals surface area contributed by atoms with Crippen LogP contribution >= 0.6 is 0 Å². The standard InChI is InChI=1S/C32H42FN3O8/c1-8-24(31(38)39)43-17-20-15-36(40-7)22-12-18(11-21(28(22)44-20)32(4,5)6)23(37)16-35-14-19-13-25(41-9-2)29(42-10-3)27(33)26(19)30(35)34/h11-13,20,24,34H,8-10,14-17H2,1-7H3,(H,38,39). The number of ether oxygens (including phenoxy) is 4. The van der Waals surface area contributed by atoms with Crippen molar-refractivity contribution in [3.8, 4) is 17.2 Å². The fourth-order valence-corrected chi connectivity index (χ4v) is 5.40. The van der Waals surface area contributed by atoms with Crippen LogP contribution in [0.25, 0.3) is 0 Å². The van der Waals surface area contributed by atoms with Gasteiger partial charge in [0.15, 0.2) is 29.2 Å². The molecule has 0 spiro atoms. The number of hydrogen-bond donors (Lipinski definition) is 2. The maximum atomic E-state index is 15.5. The summed E-state index contributed by atoms with van der Waals surface area (Å²) >= 11 is 0. The number of rotatable bonds is 13. The maximum absolute atomic E-state index is 15.5. The number of hydrogen-bond acceptors (Lipinski definition) is 9. The molecule has 2 aromatic carbocycles. The number of carbonyl (C=O) groups excluding carboxylic acids is 1. The first-order valence-corrected chi connectivity index (χ1v) is 14.8. The number of Topliss-reactive ketones (excluding diaryl/α,β-unsaturated/α-hetero) is 1. The van der Waals surface area contributed by atoms with E-state index in [-0.39, 0.29) is 61.5 Å². The number of nitrogens with one attached hydrogen (secondary N) is 1. The lowest BCUT2D eigenvalue weighted by Gasteiger charge is -2.38. The summed E-state index contributed by atoms with van der Waals surface area (Å²) < 4.78 is 38.6. The molecule has 2 aromatic rings. The zero-order valence-corrected chi connectivity index (χ0v) is 26.4. The molecule has 0 amide bonds. The zero-order chi connectivity index (χ0) is 32.3. The van der Waals surface area contributed by atoms with Gasteiger partial charge in [0.25, 0.3) is 0 Å². The first kappa shape index (κ1) is 33.0. The van der Waals surface area contributed by atoms with Crippen LogP contribution in [0, 0.1) is 11.2 Å². The van der Waals surface area contributed by atoms with Crippen LogP contribution < -0.4 is 19.3 Å². The van der Waals surface area contributed by atoms with Crippen LogP contribution in [0.4, 0.5) is 10.1 Å². The predicted molar refractivity (Wildman–Crippen MR) is 162 cm³/mol. The van der Waals surface area contributed by atoms with E-state index in [1.807, 2.05) is 20.8 Å². The lowest BCUT2D eigenvalue weighted by Crippen LogP contribution is -2.44. The molecule has 2 N–H and O–H groups in total. The molecule has 12 heteroatoms. The Morgan fingerprint density at radius 2 is 1.86 bits per heavy atom. The Balaban J connectivity index is 1.62. The summed E-state index contributed by atoms with van der Waals surface area (Å²) in [5.74, 6) is -1.31. The average Bonchev–Trinajstić information content (AvgIpc) is 3.28. The maximum Gasteiger partial charge on any atom is 0.332 e. The number of amidine groups is 1. The van der Waals surface area contributed by atoms with Crippen molar-refractivity contribution in [1.29, 1.82) is 5.41 Å². The van der Waals surface area contributed by atoms with Gasteiger partial charge in [0.2, 0.25) is 0 Å². The second-order valence-electron chi connectivity index (χ2n) is 11.7. The molecule has 2 atom stereocenters. The van der Waals surface area contributed by atoms with E-state index in [2.05, 4.69) is 0 Å². The highest BCUT2D eigenvalue weighted by molar-refractivity contribution is 6.06. The Morgan fingerprint density at radius 3 is 2.45 bits per heavy atom. The summed E-state index contributed by atoms with van der Waals surface area (Å²) in [5, 5.41) is 19.7. The van der Waals surface area contributed by atoms with Gasteiger partial charge in [0, 0.05) is 17.7 Å². The number of nitrogens with zero attached hydrogens (tertiary/aromatic N) is 2. The van der Waals surface area contributed by atoms with Crippen molar-refractivity contribution in [2.45, 2.75) is 72.1 Å². The van der Waals surface area contributed by atoms with Crippen LogP contribution in [0.15, 0.2) is 18.2 Å². The van der Waals surface area contributed by atoms with Gasteiger partial charge in [0.1, 0.15) is 23.4 Å². The molecule has 0 fully saturated rings. The largest absolute Gasteiger partial charge is 0.490 e. The van der Waals surface area contributed by atoms with Crippen LogP contribution in [0.3, 0.4) is 0 Å². The van der Waals surface area contributed by atoms with Gasteiger partial charge in [-0.2, -0.15) is 0 Å². The van der Waals surface area contributed by atoms with Crippen LogP contribution in [-0.2, 0) is 26.3 Å². The van der Waals surface area contributed by atoms with Gasteiger partial charge in [-0.3, -0.25) is 15.0 Å². The molecule has 0 aliphatic carbocycles. The summed E-state index contributed by atoms with van der Waals surface area (Å²) in [6, 6.07) is 5.14. The SMILES string of the molecule is CCOc1cc2c(c(F)c1OCC)C(=N)N(CC(=O)c1cc3c(c(C(C)(C)C)c1)OC(COC(CC)C(=O)O)CN3OC)C2. The summed E-state index contributed by atoms with van der Waals surface area (Å²) in [6.45, 7) is 12.1. The third kappa shape index (κ3) is 6.61. The molecule has 0 radical (unpaired) electrons. The van der Waals surface area contributed by atoms with Gasteiger partial charge in [-0.05, 0) is 49.4 Å². The van der Waals surface area contributed by atoms with Gasteiger partial charge < -0.3 is 29.0 Å². The molecular formula is C32H42FN3O8. The Labute approximate surface area is 257 Å². The van der Waals surface area contributed by atoms with Crippen molar-refractivity contribution in [3.05, 3.63) is 46.3 Å². The third-order valence-electron chi connectivity index (χ3n) is 7.58. The number of ketones is 1. The first-order valence-electron chi connectivity index (χ1n) is 14.8. The van der Waals surface area contributed by atoms with E-state index in [1.165, 1.54) is 12.0 Å². The highest BCUT2D eigenvalue weighted by atomic mass is 19.1. The van der Waals surface area contributed by atoms with E-state index < -0.39 is 29.4 Å². The number of benzene rings is 2. The molecule has 0 bridgehead atoms. The van der Waals surface area contributed by atoms with Gasteiger partial charge in [-0.15, -0.1) is 0 Å². The average molecular weight is 616 g/mol.